The van der Waals surface area contributed by atoms with E-state index in [1.807, 2.05) is 13.0 Å². The minimum atomic E-state index is -0.278. The van der Waals surface area contributed by atoms with Crippen molar-refractivity contribution in [2.24, 2.45) is 5.41 Å². The van der Waals surface area contributed by atoms with Crippen LogP contribution in [0.2, 0.25) is 0 Å². The Labute approximate surface area is 100 Å². The lowest BCUT2D eigenvalue weighted by atomic mass is 9.76. The molecular weight excluding hydrogens is 200 g/mol. The Kier molecular flexibility index (Phi) is 7.96. The molecule has 0 aromatic heterocycles. The van der Waals surface area contributed by atoms with E-state index in [1.54, 1.807) is 0 Å². The van der Waals surface area contributed by atoms with E-state index in [9.17, 15) is 4.79 Å². The average molecular weight is 226 g/mol. The van der Waals surface area contributed by atoms with Gasteiger partial charge in [0.05, 0.1) is 12.0 Å². The lowest BCUT2D eigenvalue weighted by molar-refractivity contribution is -0.156. The van der Waals surface area contributed by atoms with Crippen LogP contribution in [0.15, 0.2) is 12.7 Å². The van der Waals surface area contributed by atoms with E-state index in [0.717, 1.165) is 38.5 Å². The molecule has 0 spiro atoms. The van der Waals surface area contributed by atoms with E-state index >= 15 is 0 Å². The van der Waals surface area contributed by atoms with E-state index in [2.05, 4.69) is 20.4 Å². The summed E-state index contributed by atoms with van der Waals surface area (Å²) in [5.74, 6) is -0.0206. The van der Waals surface area contributed by atoms with Gasteiger partial charge in [0.2, 0.25) is 0 Å². The van der Waals surface area contributed by atoms with Gasteiger partial charge in [0.15, 0.2) is 0 Å². The Morgan fingerprint density at radius 1 is 1.31 bits per heavy atom. The molecule has 0 aliphatic heterocycles. The molecule has 0 saturated carbocycles. The zero-order valence-corrected chi connectivity index (χ0v) is 11.1. The van der Waals surface area contributed by atoms with E-state index < -0.39 is 0 Å². The van der Waals surface area contributed by atoms with Gasteiger partial charge in [-0.2, -0.15) is 0 Å². The van der Waals surface area contributed by atoms with Crippen LogP contribution in [-0.2, 0) is 9.53 Å². The molecule has 1 unspecified atom stereocenters. The van der Waals surface area contributed by atoms with Crippen molar-refractivity contribution in [3.63, 3.8) is 0 Å². The summed E-state index contributed by atoms with van der Waals surface area (Å²) in [7, 11) is 0. The van der Waals surface area contributed by atoms with Crippen LogP contribution in [0.1, 0.15) is 59.3 Å². The van der Waals surface area contributed by atoms with Crippen LogP contribution in [0.3, 0.4) is 0 Å². The SMILES string of the molecule is C=CCCC(CC)(CCCC)C(=O)OCC. The molecule has 0 fully saturated rings. The van der Waals surface area contributed by atoms with Crippen LogP contribution in [0.25, 0.3) is 0 Å². The van der Waals surface area contributed by atoms with E-state index in [0.29, 0.717) is 6.61 Å². The molecule has 0 rings (SSSR count). The van der Waals surface area contributed by atoms with Crippen molar-refractivity contribution in [3.8, 4) is 0 Å². The predicted octanol–water partition coefficient (Wildman–Crippen LogP) is 4.10. The summed E-state index contributed by atoms with van der Waals surface area (Å²) in [4.78, 5) is 12.1. The second-order valence-corrected chi connectivity index (χ2v) is 4.29. The third-order valence-electron chi connectivity index (χ3n) is 3.22. The van der Waals surface area contributed by atoms with Crippen LogP contribution in [0, 0.1) is 5.41 Å². The highest BCUT2D eigenvalue weighted by Crippen LogP contribution is 2.35. The fourth-order valence-corrected chi connectivity index (χ4v) is 2.00. The first kappa shape index (κ1) is 15.2. The van der Waals surface area contributed by atoms with Crippen LogP contribution in [-0.4, -0.2) is 12.6 Å². The van der Waals surface area contributed by atoms with Crippen molar-refractivity contribution in [2.45, 2.75) is 59.3 Å². The molecule has 0 aromatic rings. The van der Waals surface area contributed by atoms with Gasteiger partial charge < -0.3 is 4.74 Å². The lowest BCUT2D eigenvalue weighted by Gasteiger charge is -2.30. The van der Waals surface area contributed by atoms with Crippen molar-refractivity contribution >= 4 is 5.97 Å². The number of rotatable bonds is 9. The second kappa shape index (κ2) is 8.37. The first-order chi connectivity index (χ1) is 7.66. The van der Waals surface area contributed by atoms with Gasteiger partial charge in [0, 0.05) is 0 Å². The summed E-state index contributed by atoms with van der Waals surface area (Å²) in [6, 6.07) is 0. The number of hydrogen-bond donors (Lipinski definition) is 0. The summed E-state index contributed by atoms with van der Waals surface area (Å²) < 4.78 is 5.22. The van der Waals surface area contributed by atoms with Gasteiger partial charge in [-0.25, -0.2) is 0 Å². The molecule has 2 nitrogen and oxygen atoms in total. The number of carbonyl (C=O) groups is 1. The van der Waals surface area contributed by atoms with Gasteiger partial charge >= 0.3 is 5.97 Å². The molecule has 94 valence electrons. The van der Waals surface area contributed by atoms with E-state index in [-0.39, 0.29) is 11.4 Å². The molecule has 0 aliphatic rings. The maximum atomic E-state index is 12.1. The number of esters is 1. The molecule has 0 saturated heterocycles. The Balaban J connectivity index is 4.63. The van der Waals surface area contributed by atoms with Crippen LogP contribution >= 0.6 is 0 Å². The molecule has 16 heavy (non-hydrogen) atoms. The topological polar surface area (TPSA) is 26.3 Å². The van der Waals surface area contributed by atoms with Crippen LogP contribution in [0.5, 0.6) is 0 Å². The number of ether oxygens (including phenoxy) is 1. The summed E-state index contributed by atoms with van der Waals surface area (Å²) >= 11 is 0. The summed E-state index contributed by atoms with van der Waals surface area (Å²) in [6.07, 6.45) is 7.64. The summed E-state index contributed by atoms with van der Waals surface area (Å²) in [6.45, 7) is 10.3. The highest BCUT2D eigenvalue weighted by atomic mass is 16.5. The van der Waals surface area contributed by atoms with Crippen molar-refractivity contribution < 1.29 is 9.53 Å². The summed E-state index contributed by atoms with van der Waals surface area (Å²) in [5.41, 5.74) is -0.278. The maximum absolute atomic E-state index is 12.1. The lowest BCUT2D eigenvalue weighted by Crippen LogP contribution is -2.32. The van der Waals surface area contributed by atoms with Gasteiger partial charge in [0.1, 0.15) is 0 Å². The Morgan fingerprint density at radius 2 is 2.00 bits per heavy atom. The highest BCUT2D eigenvalue weighted by molar-refractivity contribution is 5.76. The monoisotopic (exact) mass is 226 g/mol. The minimum absolute atomic E-state index is 0.0206. The van der Waals surface area contributed by atoms with Gasteiger partial charge in [-0.15, -0.1) is 6.58 Å². The first-order valence-electron chi connectivity index (χ1n) is 6.45. The van der Waals surface area contributed by atoms with E-state index in [4.69, 9.17) is 4.74 Å². The van der Waals surface area contributed by atoms with Crippen molar-refractivity contribution in [1.29, 1.82) is 0 Å². The average Bonchev–Trinajstić information content (AvgIpc) is 2.30. The molecule has 0 heterocycles. The van der Waals surface area contributed by atoms with Crippen LogP contribution in [0.4, 0.5) is 0 Å². The van der Waals surface area contributed by atoms with Gasteiger partial charge in [-0.1, -0.05) is 32.8 Å². The third kappa shape index (κ3) is 4.38. The zero-order valence-electron chi connectivity index (χ0n) is 11.1. The third-order valence-corrected chi connectivity index (χ3v) is 3.22. The normalized spacial score (nSPS) is 14.2. The molecule has 0 N–H and O–H groups in total. The fraction of sp³-hybridized carbons (Fsp3) is 0.786. The van der Waals surface area contributed by atoms with Crippen molar-refractivity contribution in [1.82, 2.24) is 0 Å². The number of allylic oxidation sites excluding steroid dienone is 1. The standard InChI is InChI=1S/C14H26O2/c1-5-9-11-14(7-3,12-10-6-2)13(15)16-8-4/h5H,1,6-12H2,2-4H3. The Hall–Kier alpha value is -0.790. The smallest absolute Gasteiger partial charge is 0.312 e. The molecule has 1 atom stereocenters. The molecule has 0 bridgehead atoms. The maximum Gasteiger partial charge on any atom is 0.312 e. The second-order valence-electron chi connectivity index (χ2n) is 4.29. The number of unbranched alkanes of at least 4 members (excludes halogenated alkanes) is 1. The molecule has 0 aromatic carbocycles. The minimum Gasteiger partial charge on any atom is -0.466 e. The predicted molar refractivity (Wildman–Crippen MR) is 68.3 cm³/mol. The Bertz CT molecular complexity index is 211. The van der Waals surface area contributed by atoms with Crippen LogP contribution < -0.4 is 0 Å². The molecule has 0 aliphatic carbocycles. The highest BCUT2D eigenvalue weighted by Gasteiger charge is 2.36. The zero-order chi connectivity index (χ0) is 12.4. The number of hydrogen-bond acceptors (Lipinski definition) is 2. The van der Waals surface area contributed by atoms with E-state index in [1.165, 1.54) is 0 Å². The molecule has 2 heteroatoms. The van der Waals surface area contributed by atoms with Gasteiger partial charge in [0.25, 0.3) is 0 Å². The molecule has 0 amide bonds. The summed E-state index contributed by atoms with van der Waals surface area (Å²) in [5, 5.41) is 0. The van der Waals surface area contributed by atoms with Crippen molar-refractivity contribution in [2.75, 3.05) is 6.61 Å². The van der Waals surface area contributed by atoms with Crippen molar-refractivity contribution in [3.05, 3.63) is 12.7 Å². The first-order valence-corrected chi connectivity index (χ1v) is 6.45. The molecule has 0 radical (unpaired) electrons. The largest absolute Gasteiger partial charge is 0.466 e. The molecular formula is C14H26O2. The Morgan fingerprint density at radius 3 is 2.44 bits per heavy atom. The van der Waals surface area contributed by atoms with Gasteiger partial charge in [-0.3, -0.25) is 4.79 Å². The fourth-order valence-electron chi connectivity index (χ4n) is 2.00. The number of carbonyl (C=O) groups excluding carboxylic acids is 1. The quantitative estimate of drug-likeness (QED) is 0.437. The van der Waals surface area contributed by atoms with Gasteiger partial charge in [-0.05, 0) is 32.6 Å².